The average molecular weight is 2040 g/mol. The number of amides is 8. The van der Waals surface area contributed by atoms with Crippen LogP contribution in [0.3, 0.4) is 0 Å². The Morgan fingerprint density at radius 3 is 1.74 bits per heavy atom. The minimum atomic E-state index is -3.20. The number of aliphatic hydroxyl groups is 8. The first-order valence-electron chi connectivity index (χ1n) is 48.8. The van der Waals surface area contributed by atoms with Crippen molar-refractivity contribution in [2.24, 2.45) is 0 Å². The Morgan fingerprint density at radius 1 is 0.517 bits per heavy atom. The van der Waals surface area contributed by atoms with Gasteiger partial charge in [0.1, 0.15) is 132 Å². The summed E-state index contributed by atoms with van der Waals surface area (Å²) in [6.45, 7) is 4.35. The van der Waals surface area contributed by atoms with E-state index in [2.05, 4.69) is 68.8 Å². The lowest BCUT2D eigenvalue weighted by atomic mass is 9.89. The van der Waals surface area contributed by atoms with Gasteiger partial charge in [-0.1, -0.05) is 112 Å². The lowest BCUT2D eigenvalue weighted by Gasteiger charge is -2.42. The normalized spacial score (nSPS) is 26.6. The molecule has 0 spiro atoms. The molecule has 7 aromatic carbocycles. The molecule has 40 nitrogen and oxygen atoms in total. The van der Waals surface area contributed by atoms with E-state index in [1.165, 1.54) is 67.7 Å². The molecule has 770 valence electrons. The first-order chi connectivity index (χ1) is 68.8. The van der Waals surface area contributed by atoms with Gasteiger partial charge in [-0.2, -0.15) is 0 Å². The maximum atomic E-state index is 17.4. The van der Waals surface area contributed by atoms with E-state index >= 15 is 33.6 Å². The fraction of sp³-hybridized carbons (Fsp3) is 0.500. The van der Waals surface area contributed by atoms with Crippen molar-refractivity contribution in [3.8, 4) is 80.1 Å². The molecule has 11 aliphatic rings. The van der Waals surface area contributed by atoms with Crippen LogP contribution in [0.4, 0.5) is 0 Å². The van der Waals surface area contributed by atoms with Gasteiger partial charge < -0.3 is 142 Å². The van der Waals surface area contributed by atoms with Gasteiger partial charge in [0.25, 0.3) is 0 Å². The van der Waals surface area contributed by atoms with Crippen molar-refractivity contribution >= 4 is 78.4 Å². The van der Waals surface area contributed by atoms with E-state index in [0.29, 0.717) is 70.6 Å². The molecule has 43 heteroatoms. The summed E-state index contributed by atoms with van der Waals surface area (Å²) in [5.41, 5.74) is -2.01. The predicted octanol–water partition coefficient (Wildman–Crippen LogP) is 6.86. The maximum Gasteiger partial charge on any atom is 0.417 e. The minimum absolute atomic E-state index is 0.0587. The van der Waals surface area contributed by atoms with Gasteiger partial charge in [-0.25, -0.2) is 0 Å². The molecule has 11 heterocycles. The number of phenols is 3. The Balaban J connectivity index is 0.926. The van der Waals surface area contributed by atoms with E-state index in [1.807, 2.05) is 4.90 Å². The molecular formula is C100H125Cl2N13O27P+. The van der Waals surface area contributed by atoms with Crippen molar-refractivity contribution < 1.29 is 132 Å². The van der Waals surface area contributed by atoms with Crippen molar-refractivity contribution in [2.45, 2.75) is 232 Å². The number of ether oxygens (including phenoxy) is 7. The lowest BCUT2D eigenvalue weighted by Crippen LogP contribution is -2.65. The average Bonchev–Trinajstić information content (AvgIpc) is 1.66. The molecule has 143 heavy (non-hydrogen) atoms. The summed E-state index contributed by atoms with van der Waals surface area (Å²) in [4.78, 5) is 131. The van der Waals surface area contributed by atoms with Crippen LogP contribution in [-0.4, -0.2) is 282 Å². The molecule has 8 amide bonds. The summed E-state index contributed by atoms with van der Waals surface area (Å²) in [6.07, 6.45) is -6.49. The van der Waals surface area contributed by atoms with Crippen LogP contribution in [0.2, 0.25) is 10.0 Å². The van der Waals surface area contributed by atoms with E-state index in [-0.39, 0.29) is 75.4 Å². The lowest BCUT2D eigenvalue weighted by molar-refractivity contribution is -0.277. The number of hydrogen-bond acceptors (Lipinski definition) is 32. The molecule has 0 radical (unpaired) electrons. The number of rotatable bonds is 28. The Morgan fingerprint density at radius 2 is 1.10 bits per heavy atom. The number of likely N-dealkylation sites (N-methyl/N-ethyl adjacent to an activating group) is 1. The number of aromatic hydroxyl groups is 3. The second-order valence-corrected chi connectivity index (χ2v) is 41.4. The second kappa shape index (κ2) is 46.5. The monoisotopic (exact) mass is 2040 g/mol. The highest BCUT2D eigenvalue weighted by Gasteiger charge is 2.63. The van der Waals surface area contributed by atoms with Crippen LogP contribution in [0.5, 0.6) is 69.0 Å². The predicted molar refractivity (Wildman–Crippen MR) is 520 cm³/mol. The molecule has 18 atom stereocenters. The summed E-state index contributed by atoms with van der Waals surface area (Å²) < 4.78 is 61.1. The van der Waals surface area contributed by atoms with Crippen molar-refractivity contribution in [3.63, 3.8) is 0 Å². The number of benzene rings is 7. The fourth-order valence-corrected chi connectivity index (χ4v) is 24.5. The number of halogens is 2. The highest BCUT2D eigenvalue weighted by atomic mass is 35.5. The standard InChI is InChI=1S/C100H124Cl2N13O27P/c1-5-6-7-8-9-10-11-12-13-21-75(121)106-84-88(125)86(123)73(50-116)139-99(84)141-91-71-44-56-45-72(91)137-67-31-26-55(42-63(67)101)85(122)83-98(134)110-81(93(129)104-32-20-33-112(3)4)61-46-57(118)47-69(138-100-90(127)89(126)87(124)74(51-117)140-100)76(61)60-41-53(24-29-65(60)119)79(95(131)111-83)107-96(132)80(56)108-97(133)82-62-48-59(49-70(77(62)102)142-143(113-34-14-15-35-113,114-36-16-17-37-114)115-38-18-19-39-115)136-68-43-54(25-30-66(68)120)78(103-2)94(130)105-64(92(128)109-82)40-52-22-27-58(135-71)28-23-52/h22-31,41-49,64,73-74,78-90,99-100,103,116-117,122-127H,5-21,32-40,50-51H2,1-4H3,(H10-,104,105,106,107,108,109,110,111,118,119,120,121,128,129,130,131,132,133,134)/p+1/t64-,73-,74-,78+,79-,80-,81-,82+,83+,84-,85-,86-,87-,88-,89+,90+,99+,100+/m1/s1. The van der Waals surface area contributed by atoms with Crippen LogP contribution in [-0.2, 0) is 54.3 Å². The Bertz CT molecular complexity index is 5740. The third-order valence-corrected chi connectivity index (χ3v) is 32.0. The molecule has 11 aliphatic heterocycles. The Labute approximate surface area is 836 Å². The quantitative estimate of drug-likeness (QED) is 0.0176. The fourth-order valence-electron chi connectivity index (χ4n) is 19.8. The second-order valence-electron chi connectivity index (χ2n) is 37.8. The molecule has 0 aromatic heterocycles. The van der Waals surface area contributed by atoms with E-state index in [4.69, 9.17) is 60.9 Å². The van der Waals surface area contributed by atoms with Gasteiger partial charge in [0.05, 0.1) is 23.3 Å². The first-order valence-corrected chi connectivity index (χ1v) is 51.1. The topological polar surface area (TPSA) is 554 Å². The minimum Gasteiger partial charge on any atom is -0.508 e. The SMILES string of the molecule is CCCCCCCCCCCC(=O)N[C@H]1[C@H](Oc2c3cc4cc2Oc2ccc(cc2Cl)[C@@H](O)[C@@H]2NC(=O)[C@H](NC(=O)[C@@H]4NC(=O)[C@H]4NC(=O)[C@@H](Cc5ccc(cc5)O3)NC(=O)[C@@H](NC)c3ccc(O)c(c3)Oc3cc(O[P+](N5CCCC5)(N5CCCC5)N5CCCC5)c(Cl)c4c3)c3ccc(O)c(c3)-c3c(O[C@H]4O[C@H](CO)[C@@H](O)[C@H](O)[C@@H]4O)cc(O)cc3[C@H](C(=O)NCCCN(C)C)NC2=O)O[C@H](CO)[C@@H](O)[C@@H]1O. The smallest absolute Gasteiger partial charge is 0.417 e. The zero-order valence-electron chi connectivity index (χ0n) is 79.6. The summed E-state index contributed by atoms with van der Waals surface area (Å²) in [6, 6.07) is 8.35. The highest BCUT2D eigenvalue weighted by Crippen LogP contribution is 2.71. The number of hydrogen-bond donors (Lipinski definition) is 20. The molecule has 20 N–H and O–H groups in total. The van der Waals surface area contributed by atoms with Crippen LogP contribution in [0, 0.1) is 0 Å². The van der Waals surface area contributed by atoms with Crippen LogP contribution in [0.1, 0.15) is 191 Å². The summed E-state index contributed by atoms with van der Waals surface area (Å²) in [5, 5.41) is 154. The number of nitrogens with zero attached hydrogens (tertiary/aromatic N) is 4. The number of carbonyl (C=O) groups excluding carboxylic acids is 8. The Kier molecular flexibility index (Phi) is 34.1. The summed E-state index contributed by atoms with van der Waals surface area (Å²) in [5.74, 6) is -13.8. The van der Waals surface area contributed by atoms with E-state index < -0.39 is 246 Å². The summed E-state index contributed by atoms with van der Waals surface area (Å²) in [7, 11) is 1.87. The van der Waals surface area contributed by atoms with Crippen molar-refractivity contribution in [1.82, 2.24) is 66.8 Å². The summed E-state index contributed by atoms with van der Waals surface area (Å²) >= 11 is 15.5. The number of phenolic OH excluding ortho intramolecular Hbond substituents is 3. The molecule has 5 fully saturated rings. The first kappa shape index (κ1) is 105. The molecule has 0 saturated carbocycles. The number of carbonyl (C=O) groups is 8. The zero-order chi connectivity index (χ0) is 101. The Hall–Kier alpha value is -11.1. The van der Waals surface area contributed by atoms with E-state index in [0.717, 1.165) is 126 Å². The van der Waals surface area contributed by atoms with E-state index in [9.17, 15) is 61.0 Å². The molecule has 7 aromatic rings. The van der Waals surface area contributed by atoms with Gasteiger partial charge in [0, 0.05) is 87.5 Å². The molecule has 0 aliphatic carbocycles. The highest BCUT2D eigenvalue weighted by molar-refractivity contribution is 7.64. The van der Waals surface area contributed by atoms with Gasteiger partial charge >= 0.3 is 7.94 Å². The molecular weight excluding hydrogens is 1920 g/mol. The van der Waals surface area contributed by atoms with Gasteiger partial charge in [0.2, 0.25) is 71.3 Å². The van der Waals surface area contributed by atoms with Crippen LogP contribution in [0.25, 0.3) is 11.1 Å². The van der Waals surface area contributed by atoms with E-state index in [1.54, 1.807) is 26.2 Å². The van der Waals surface area contributed by atoms with Crippen molar-refractivity contribution in [3.05, 3.63) is 164 Å². The van der Waals surface area contributed by atoms with Crippen LogP contribution < -0.4 is 76.1 Å². The number of nitrogens with one attached hydrogen (secondary N) is 9. The largest absolute Gasteiger partial charge is 0.508 e. The third kappa shape index (κ3) is 23.2. The van der Waals surface area contributed by atoms with Gasteiger partial charge in [0.15, 0.2) is 23.0 Å². The van der Waals surface area contributed by atoms with Gasteiger partial charge in [-0.15, -0.1) is 14.0 Å². The number of aliphatic hydroxyl groups excluding tert-OH is 8. The molecule has 5 saturated heterocycles. The maximum absolute atomic E-state index is 17.4. The number of fused-ring (bicyclic) bond motifs is 14. The molecule has 18 rings (SSSR count). The third-order valence-electron chi connectivity index (χ3n) is 27.4. The molecule has 17 bridgehead atoms. The van der Waals surface area contributed by atoms with Crippen molar-refractivity contribution in [2.75, 3.05) is 86.7 Å². The molecule has 0 unspecified atom stereocenters. The van der Waals surface area contributed by atoms with Gasteiger partial charge in [-0.05, 0) is 185 Å². The van der Waals surface area contributed by atoms with Gasteiger partial charge in [-0.3, -0.25) is 42.9 Å². The number of unbranched alkanes of at least 4 members (excludes halogenated alkanes) is 8. The zero-order valence-corrected chi connectivity index (χ0v) is 82.0. The van der Waals surface area contributed by atoms with Crippen molar-refractivity contribution in [1.29, 1.82) is 0 Å². The van der Waals surface area contributed by atoms with Crippen LogP contribution >= 0.6 is 31.1 Å². The van der Waals surface area contributed by atoms with Crippen LogP contribution in [0.15, 0.2) is 115 Å².